The third-order valence-electron chi connectivity index (χ3n) is 4.05. The number of nitrogens with one attached hydrogen (secondary N) is 1. The van der Waals surface area contributed by atoms with E-state index in [9.17, 15) is 22.4 Å². The molecule has 0 fully saturated rings. The topological polar surface area (TPSA) is 56.1 Å². The summed E-state index contributed by atoms with van der Waals surface area (Å²) in [6, 6.07) is 8.81. The molecule has 4 rings (SSSR count). The first-order chi connectivity index (χ1) is 13.2. The van der Waals surface area contributed by atoms with Gasteiger partial charge in [-0.3, -0.25) is 4.79 Å². The van der Waals surface area contributed by atoms with Crippen molar-refractivity contribution < 1.29 is 27.1 Å². The number of fused-ring (bicyclic) bond motifs is 1. The van der Waals surface area contributed by atoms with Crippen molar-refractivity contribution in [1.29, 1.82) is 0 Å². The predicted molar refractivity (Wildman–Crippen MR) is 93.1 cm³/mol. The molecule has 1 aromatic heterocycles. The monoisotopic (exact) mass is 411 g/mol. The van der Waals surface area contributed by atoms with Crippen LogP contribution in [0.5, 0.6) is 5.75 Å². The number of ether oxygens (including phenoxy) is 1. The van der Waals surface area contributed by atoms with Crippen molar-refractivity contribution in [3.8, 4) is 22.7 Å². The molecule has 0 bridgehead atoms. The summed E-state index contributed by atoms with van der Waals surface area (Å²) in [7, 11) is 0. The van der Waals surface area contributed by atoms with Crippen molar-refractivity contribution in [3.05, 3.63) is 59.0 Å². The number of halogens is 5. The van der Waals surface area contributed by atoms with E-state index in [-0.39, 0.29) is 28.6 Å². The van der Waals surface area contributed by atoms with E-state index >= 15 is 0 Å². The SMILES string of the molecule is O=C1COc2ccc(-c3cc(C(F)(F)F)nn3-c3ccc(Cl)cc3F)cc2N1. The zero-order chi connectivity index (χ0) is 20.1. The van der Waals surface area contributed by atoms with Gasteiger partial charge in [0.1, 0.15) is 17.3 Å². The van der Waals surface area contributed by atoms with Crippen molar-refractivity contribution in [2.45, 2.75) is 6.18 Å². The number of nitrogens with zero attached hydrogens (tertiary/aromatic N) is 2. The maximum atomic E-state index is 14.4. The summed E-state index contributed by atoms with van der Waals surface area (Å²) >= 11 is 5.73. The number of carbonyl (C=O) groups is 1. The lowest BCUT2D eigenvalue weighted by Gasteiger charge is -2.18. The molecule has 5 nitrogen and oxygen atoms in total. The van der Waals surface area contributed by atoms with Crippen LogP contribution in [0.4, 0.5) is 23.2 Å². The molecule has 2 aromatic carbocycles. The van der Waals surface area contributed by atoms with Crippen LogP contribution in [0.15, 0.2) is 42.5 Å². The van der Waals surface area contributed by atoms with Crippen LogP contribution >= 0.6 is 11.6 Å². The van der Waals surface area contributed by atoms with Crippen LogP contribution in [0, 0.1) is 5.82 Å². The molecule has 0 unspecified atom stereocenters. The molecule has 0 aliphatic carbocycles. The molecule has 144 valence electrons. The molecule has 10 heteroatoms. The molecule has 1 aliphatic heterocycles. The molecule has 1 amide bonds. The fraction of sp³-hybridized carbons (Fsp3) is 0.111. The Labute approximate surface area is 160 Å². The van der Waals surface area contributed by atoms with Gasteiger partial charge in [0, 0.05) is 10.6 Å². The minimum absolute atomic E-state index is 0.0174. The molecule has 28 heavy (non-hydrogen) atoms. The zero-order valence-electron chi connectivity index (χ0n) is 13.8. The van der Waals surface area contributed by atoms with Crippen LogP contribution in [-0.4, -0.2) is 22.3 Å². The lowest BCUT2D eigenvalue weighted by molar-refractivity contribution is -0.141. The van der Waals surface area contributed by atoms with Gasteiger partial charge in [-0.2, -0.15) is 18.3 Å². The fourth-order valence-electron chi connectivity index (χ4n) is 2.80. The lowest BCUT2D eigenvalue weighted by atomic mass is 10.1. The number of anilines is 1. The van der Waals surface area contributed by atoms with E-state index in [0.29, 0.717) is 11.4 Å². The molecule has 1 N–H and O–H groups in total. The quantitative estimate of drug-likeness (QED) is 0.623. The van der Waals surface area contributed by atoms with Crippen molar-refractivity contribution in [2.75, 3.05) is 11.9 Å². The van der Waals surface area contributed by atoms with E-state index in [1.54, 1.807) is 0 Å². The zero-order valence-corrected chi connectivity index (χ0v) is 14.6. The molecule has 2 heterocycles. The average Bonchev–Trinajstić information content (AvgIpc) is 3.06. The summed E-state index contributed by atoms with van der Waals surface area (Å²) in [6.07, 6.45) is -4.73. The maximum Gasteiger partial charge on any atom is 0.435 e. The van der Waals surface area contributed by atoms with E-state index in [4.69, 9.17) is 16.3 Å². The van der Waals surface area contributed by atoms with Gasteiger partial charge in [-0.15, -0.1) is 0 Å². The molecular formula is C18H10ClF4N3O2. The number of alkyl halides is 3. The summed E-state index contributed by atoms with van der Waals surface area (Å²) < 4.78 is 60.2. The van der Waals surface area contributed by atoms with Crippen LogP contribution < -0.4 is 10.1 Å². The van der Waals surface area contributed by atoms with Crippen LogP contribution in [0.2, 0.25) is 5.02 Å². The Morgan fingerprint density at radius 2 is 1.93 bits per heavy atom. The average molecular weight is 412 g/mol. The Morgan fingerprint density at radius 1 is 1.14 bits per heavy atom. The van der Waals surface area contributed by atoms with Gasteiger partial charge >= 0.3 is 6.18 Å². The summed E-state index contributed by atoms with van der Waals surface area (Å²) in [6.45, 7) is -0.154. The number of hydrogen-bond acceptors (Lipinski definition) is 3. The highest BCUT2D eigenvalue weighted by molar-refractivity contribution is 6.30. The minimum atomic E-state index is -4.73. The first-order valence-electron chi connectivity index (χ1n) is 7.92. The van der Waals surface area contributed by atoms with Crippen molar-refractivity contribution in [2.24, 2.45) is 0 Å². The molecule has 3 aromatic rings. The van der Waals surface area contributed by atoms with Gasteiger partial charge in [0.15, 0.2) is 12.3 Å². The second-order valence-electron chi connectivity index (χ2n) is 5.97. The van der Waals surface area contributed by atoms with Crippen LogP contribution in [0.25, 0.3) is 16.9 Å². The molecule has 0 spiro atoms. The smallest absolute Gasteiger partial charge is 0.435 e. The predicted octanol–water partition coefficient (Wildman–Crippen LogP) is 4.68. The number of benzene rings is 2. The van der Waals surface area contributed by atoms with Crippen LogP contribution in [0.3, 0.4) is 0 Å². The molecule has 0 radical (unpaired) electrons. The number of carbonyl (C=O) groups excluding carboxylic acids is 1. The minimum Gasteiger partial charge on any atom is -0.482 e. The van der Waals surface area contributed by atoms with Gasteiger partial charge in [0.25, 0.3) is 5.91 Å². The van der Waals surface area contributed by atoms with Crippen molar-refractivity contribution in [1.82, 2.24) is 9.78 Å². The van der Waals surface area contributed by atoms with Crippen LogP contribution in [0.1, 0.15) is 5.69 Å². The molecule has 0 atom stereocenters. The number of amides is 1. The largest absolute Gasteiger partial charge is 0.482 e. The lowest BCUT2D eigenvalue weighted by Crippen LogP contribution is -2.25. The molecule has 0 saturated carbocycles. The maximum absolute atomic E-state index is 14.4. The molecule has 0 saturated heterocycles. The summed E-state index contributed by atoms with van der Waals surface area (Å²) in [5.41, 5.74) is -0.826. The highest BCUT2D eigenvalue weighted by Gasteiger charge is 2.35. The normalized spacial score (nSPS) is 13.7. The third kappa shape index (κ3) is 3.29. The van der Waals surface area contributed by atoms with E-state index in [0.717, 1.165) is 16.8 Å². The Morgan fingerprint density at radius 3 is 2.64 bits per heavy atom. The Bertz CT molecular complexity index is 1090. The van der Waals surface area contributed by atoms with Gasteiger partial charge in [-0.25, -0.2) is 9.07 Å². The van der Waals surface area contributed by atoms with Gasteiger partial charge in [0.05, 0.1) is 11.4 Å². The standard InChI is InChI=1S/C18H10ClF4N3O2/c19-10-2-3-13(11(20)6-10)26-14(7-16(25-26)18(21,22)23)9-1-4-15-12(5-9)24-17(27)8-28-15/h1-7H,8H2,(H,24,27). The number of hydrogen-bond donors (Lipinski definition) is 1. The Balaban J connectivity index is 1.90. The van der Waals surface area contributed by atoms with Gasteiger partial charge < -0.3 is 10.1 Å². The van der Waals surface area contributed by atoms with E-state index < -0.39 is 23.6 Å². The van der Waals surface area contributed by atoms with E-state index in [1.807, 2.05) is 0 Å². The highest BCUT2D eigenvalue weighted by atomic mass is 35.5. The van der Waals surface area contributed by atoms with Crippen molar-refractivity contribution >= 4 is 23.2 Å². The summed E-state index contributed by atoms with van der Waals surface area (Å²) in [5.74, 6) is -0.846. The van der Waals surface area contributed by atoms with Crippen LogP contribution in [-0.2, 0) is 11.0 Å². The van der Waals surface area contributed by atoms with Crippen molar-refractivity contribution in [3.63, 3.8) is 0 Å². The van der Waals surface area contributed by atoms with Gasteiger partial charge in [0.2, 0.25) is 0 Å². The highest BCUT2D eigenvalue weighted by Crippen LogP contribution is 2.37. The van der Waals surface area contributed by atoms with E-state index in [1.165, 1.54) is 30.3 Å². The van der Waals surface area contributed by atoms with Gasteiger partial charge in [-0.1, -0.05) is 11.6 Å². The van der Waals surface area contributed by atoms with Gasteiger partial charge in [-0.05, 0) is 42.5 Å². The first-order valence-corrected chi connectivity index (χ1v) is 8.30. The summed E-state index contributed by atoms with van der Waals surface area (Å²) in [5, 5.41) is 6.21. The fourth-order valence-corrected chi connectivity index (χ4v) is 2.96. The van der Waals surface area contributed by atoms with E-state index in [2.05, 4.69) is 10.4 Å². The first kappa shape index (κ1) is 18.3. The number of rotatable bonds is 2. The second-order valence-corrected chi connectivity index (χ2v) is 6.40. The molecule has 1 aliphatic rings. The molecular weight excluding hydrogens is 402 g/mol. The number of aromatic nitrogens is 2. The Kier molecular flexibility index (Phi) is 4.26. The second kappa shape index (κ2) is 6.52. The third-order valence-corrected chi connectivity index (χ3v) is 4.28. The Hall–Kier alpha value is -3.07. The summed E-state index contributed by atoms with van der Waals surface area (Å²) in [4.78, 5) is 11.5.